The normalized spacial score (nSPS) is 18.9. The first-order valence-electron chi connectivity index (χ1n) is 7.13. The molecule has 2 rings (SSSR count). The van der Waals surface area contributed by atoms with Crippen LogP contribution in [0.25, 0.3) is 0 Å². The third-order valence-electron chi connectivity index (χ3n) is 3.30. The van der Waals surface area contributed by atoms with Crippen LogP contribution < -0.4 is 5.32 Å². The molecule has 20 heavy (non-hydrogen) atoms. The van der Waals surface area contributed by atoms with Crippen LogP contribution in [0.3, 0.4) is 0 Å². The summed E-state index contributed by atoms with van der Waals surface area (Å²) in [5.74, 6) is 0.498. The van der Waals surface area contributed by atoms with Gasteiger partial charge in [0.1, 0.15) is 5.01 Å². The van der Waals surface area contributed by atoms with E-state index < -0.39 is 0 Å². The van der Waals surface area contributed by atoms with Gasteiger partial charge in [-0.3, -0.25) is 15.0 Å². The minimum atomic E-state index is -0.0152. The van der Waals surface area contributed by atoms with Gasteiger partial charge in [0, 0.05) is 19.0 Å². The Morgan fingerprint density at radius 3 is 3.05 bits per heavy atom. The average Bonchev–Trinajstić information content (AvgIpc) is 2.99. The standard InChI is InChI=1S/C14H22N4OS/c1-4-6-13-16-17-14(20-13)15-12(19)9-18-8-5-7-11(18)10(2)3/h5,7,10-11H,4,6,8-9H2,1-3H3,(H,15,17,19)/t11-/m1/s1. The fourth-order valence-corrected chi connectivity index (χ4v) is 3.21. The molecule has 0 saturated heterocycles. The molecule has 0 aliphatic carbocycles. The molecular weight excluding hydrogens is 272 g/mol. The molecule has 6 heteroatoms. The third-order valence-corrected chi connectivity index (χ3v) is 4.20. The van der Waals surface area contributed by atoms with Gasteiger partial charge in [0.05, 0.1) is 6.54 Å². The second-order valence-electron chi connectivity index (χ2n) is 5.39. The molecule has 5 nitrogen and oxygen atoms in total. The topological polar surface area (TPSA) is 58.1 Å². The summed E-state index contributed by atoms with van der Waals surface area (Å²) < 4.78 is 0. The number of amides is 1. The lowest BCUT2D eigenvalue weighted by Crippen LogP contribution is -2.39. The molecule has 0 aromatic carbocycles. The Hall–Kier alpha value is -1.27. The number of nitrogens with one attached hydrogen (secondary N) is 1. The van der Waals surface area contributed by atoms with Crippen molar-refractivity contribution in [3.05, 3.63) is 17.2 Å². The van der Waals surface area contributed by atoms with Crippen molar-refractivity contribution in [1.29, 1.82) is 0 Å². The van der Waals surface area contributed by atoms with Gasteiger partial charge < -0.3 is 0 Å². The first-order chi connectivity index (χ1) is 9.60. The van der Waals surface area contributed by atoms with Gasteiger partial charge in [0.15, 0.2) is 0 Å². The smallest absolute Gasteiger partial charge is 0.240 e. The number of carbonyl (C=O) groups excluding carboxylic acids is 1. The van der Waals surface area contributed by atoms with E-state index in [2.05, 4.69) is 53.3 Å². The Morgan fingerprint density at radius 1 is 1.55 bits per heavy atom. The summed E-state index contributed by atoms with van der Waals surface area (Å²) >= 11 is 1.46. The molecule has 1 N–H and O–H groups in total. The van der Waals surface area contributed by atoms with Gasteiger partial charge in [0.2, 0.25) is 11.0 Å². The predicted octanol–water partition coefficient (Wildman–Crippen LogP) is 2.33. The van der Waals surface area contributed by atoms with E-state index in [0.29, 0.717) is 23.6 Å². The maximum absolute atomic E-state index is 12.1. The van der Waals surface area contributed by atoms with E-state index in [1.54, 1.807) is 0 Å². The van der Waals surface area contributed by atoms with Gasteiger partial charge in [-0.15, -0.1) is 10.2 Å². The number of carbonyl (C=O) groups is 1. The van der Waals surface area contributed by atoms with Crippen molar-refractivity contribution < 1.29 is 4.79 Å². The Bertz CT molecular complexity index is 483. The fourth-order valence-electron chi connectivity index (χ4n) is 2.36. The van der Waals surface area contributed by atoms with E-state index in [4.69, 9.17) is 0 Å². The maximum Gasteiger partial charge on any atom is 0.240 e. The molecule has 1 amide bonds. The molecule has 0 bridgehead atoms. The molecule has 2 heterocycles. The van der Waals surface area contributed by atoms with E-state index in [1.165, 1.54) is 11.3 Å². The van der Waals surface area contributed by atoms with Gasteiger partial charge >= 0.3 is 0 Å². The number of aromatic nitrogens is 2. The lowest BCUT2D eigenvalue weighted by molar-refractivity contribution is -0.117. The van der Waals surface area contributed by atoms with Crippen molar-refractivity contribution in [2.45, 2.75) is 39.7 Å². The summed E-state index contributed by atoms with van der Waals surface area (Å²) in [5.41, 5.74) is 0. The number of hydrogen-bond acceptors (Lipinski definition) is 5. The van der Waals surface area contributed by atoms with Crippen LogP contribution in [0.1, 0.15) is 32.2 Å². The molecule has 1 atom stereocenters. The monoisotopic (exact) mass is 294 g/mol. The largest absolute Gasteiger partial charge is 0.299 e. The summed E-state index contributed by atoms with van der Waals surface area (Å²) in [6.45, 7) is 7.69. The Labute approximate surface area is 124 Å². The highest BCUT2D eigenvalue weighted by molar-refractivity contribution is 7.15. The van der Waals surface area contributed by atoms with Crippen LogP contribution in [0.2, 0.25) is 0 Å². The van der Waals surface area contributed by atoms with Gasteiger partial charge in [0.25, 0.3) is 0 Å². The number of aryl methyl sites for hydroxylation is 1. The lowest BCUT2D eigenvalue weighted by atomic mass is 10.0. The van der Waals surface area contributed by atoms with Crippen LogP contribution in [0.15, 0.2) is 12.2 Å². The molecule has 1 aromatic heterocycles. The van der Waals surface area contributed by atoms with Gasteiger partial charge in [-0.05, 0) is 12.3 Å². The van der Waals surface area contributed by atoms with E-state index in [1.807, 2.05) is 0 Å². The van der Waals surface area contributed by atoms with Crippen LogP contribution in [-0.4, -0.2) is 40.1 Å². The second-order valence-corrected chi connectivity index (χ2v) is 6.45. The summed E-state index contributed by atoms with van der Waals surface area (Å²) in [6.07, 6.45) is 6.27. The molecule has 0 unspecified atom stereocenters. The highest BCUT2D eigenvalue weighted by Gasteiger charge is 2.24. The van der Waals surface area contributed by atoms with E-state index >= 15 is 0 Å². The fraction of sp³-hybridized carbons (Fsp3) is 0.643. The summed E-state index contributed by atoms with van der Waals surface area (Å²) in [7, 11) is 0. The Balaban J connectivity index is 1.85. The first-order valence-corrected chi connectivity index (χ1v) is 7.94. The highest BCUT2D eigenvalue weighted by atomic mass is 32.1. The first kappa shape index (κ1) is 15.1. The summed E-state index contributed by atoms with van der Waals surface area (Å²) in [5, 5.41) is 12.5. The minimum absolute atomic E-state index is 0.0152. The molecule has 0 fully saturated rings. The third kappa shape index (κ3) is 3.86. The zero-order chi connectivity index (χ0) is 14.5. The van der Waals surface area contributed by atoms with E-state index in [0.717, 1.165) is 24.4 Å². The summed E-state index contributed by atoms with van der Waals surface area (Å²) in [4.78, 5) is 14.2. The number of rotatable bonds is 6. The predicted molar refractivity (Wildman–Crippen MR) is 81.9 cm³/mol. The van der Waals surface area contributed by atoms with Crippen LogP contribution in [0, 0.1) is 5.92 Å². The second kappa shape index (κ2) is 6.95. The van der Waals surface area contributed by atoms with Crippen molar-refractivity contribution in [2.24, 2.45) is 5.92 Å². The number of nitrogens with zero attached hydrogens (tertiary/aromatic N) is 3. The zero-order valence-electron chi connectivity index (χ0n) is 12.3. The Morgan fingerprint density at radius 2 is 2.35 bits per heavy atom. The maximum atomic E-state index is 12.1. The minimum Gasteiger partial charge on any atom is -0.299 e. The SMILES string of the molecule is CCCc1nnc(NC(=O)CN2CC=C[C@@H]2C(C)C)s1. The number of anilines is 1. The van der Waals surface area contributed by atoms with Crippen molar-refractivity contribution >= 4 is 22.4 Å². The average molecular weight is 294 g/mol. The van der Waals surface area contributed by atoms with Crippen LogP contribution in [0.4, 0.5) is 5.13 Å². The van der Waals surface area contributed by atoms with Gasteiger partial charge in [-0.25, -0.2) is 0 Å². The van der Waals surface area contributed by atoms with E-state index in [-0.39, 0.29) is 5.91 Å². The van der Waals surface area contributed by atoms with Crippen LogP contribution in [-0.2, 0) is 11.2 Å². The molecular formula is C14H22N4OS. The molecule has 0 spiro atoms. The Kier molecular flexibility index (Phi) is 5.25. The molecule has 1 aliphatic rings. The number of hydrogen-bond donors (Lipinski definition) is 1. The highest BCUT2D eigenvalue weighted by Crippen LogP contribution is 2.19. The summed E-state index contributed by atoms with van der Waals surface area (Å²) in [6, 6.07) is 0.353. The quantitative estimate of drug-likeness (QED) is 0.818. The van der Waals surface area contributed by atoms with Crippen molar-refractivity contribution in [3.63, 3.8) is 0 Å². The molecule has 110 valence electrons. The van der Waals surface area contributed by atoms with Crippen molar-refractivity contribution in [2.75, 3.05) is 18.4 Å². The lowest BCUT2D eigenvalue weighted by Gasteiger charge is -2.26. The molecule has 1 aromatic rings. The zero-order valence-corrected chi connectivity index (χ0v) is 13.1. The van der Waals surface area contributed by atoms with Gasteiger partial charge in [-0.2, -0.15) is 0 Å². The van der Waals surface area contributed by atoms with E-state index in [9.17, 15) is 4.79 Å². The van der Waals surface area contributed by atoms with Crippen molar-refractivity contribution in [1.82, 2.24) is 15.1 Å². The molecule has 0 radical (unpaired) electrons. The van der Waals surface area contributed by atoms with Crippen LogP contribution in [0.5, 0.6) is 0 Å². The van der Waals surface area contributed by atoms with Gasteiger partial charge in [-0.1, -0.05) is 44.3 Å². The van der Waals surface area contributed by atoms with Crippen LogP contribution >= 0.6 is 11.3 Å². The molecule has 1 aliphatic heterocycles. The van der Waals surface area contributed by atoms with Crippen molar-refractivity contribution in [3.8, 4) is 0 Å². The molecule has 0 saturated carbocycles.